The van der Waals surface area contributed by atoms with E-state index >= 15 is 0 Å². The number of carbonyl (C=O) groups is 1. The summed E-state index contributed by atoms with van der Waals surface area (Å²) in [6, 6.07) is 12.7. The predicted molar refractivity (Wildman–Crippen MR) is 75.6 cm³/mol. The second kappa shape index (κ2) is 5.23. The highest BCUT2D eigenvalue weighted by Crippen LogP contribution is 2.21. The van der Waals surface area contributed by atoms with Gasteiger partial charge in [-0.25, -0.2) is 0 Å². The molecule has 2 nitrogen and oxygen atoms in total. The zero-order valence-electron chi connectivity index (χ0n) is 10.3. The third kappa shape index (κ3) is 2.54. The lowest BCUT2D eigenvalue weighted by atomic mass is 10.00. The Morgan fingerprint density at radius 3 is 2.39 bits per heavy atom. The number of rotatable bonds is 3. The molecule has 2 rings (SSSR count). The Hall–Kier alpha value is -1.80. The number of halogens is 1. The first-order valence-corrected chi connectivity index (χ1v) is 6.08. The van der Waals surface area contributed by atoms with E-state index in [1.807, 2.05) is 32.2 Å². The molecule has 3 heteroatoms. The molecule has 0 saturated carbocycles. The topological polar surface area (TPSA) is 29.1 Å². The highest BCUT2D eigenvalue weighted by Gasteiger charge is 2.13. The quantitative estimate of drug-likeness (QED) is 0.847. The molecule has 0 aliphatic rings. The van der Waals surface area contributed by atoms with Gasteiger partial charge in [0.25, 0.3) is 0 Å². The Morgan fingerprint density at radius 1 is 1.11 bits per heavy atom. The fourth-order valence-electron chi connectivity index (χ4n) is 1.82. The van der Waals surface area contributed by atoms with Crippen molar-refractivity contribution in [3.63, 3.8) is 0 Å². The predicted octanol–water partition coefficient (Wildman–Crippen LogP) is 3.92. The van der Waals surface area contributed by atoms with Crippen LogP contribution in [0.1, 0.15) is 21.5 Å². The molecule has 0 saturated heterocycles. The smallest absolute Gasteiger partial charge is 0.195 e. The molecule has 0 aliphatic heterocycles. The Morgan fingerprint density at radius 2 is 1.78 bits per heavy atom. The minimum atomic E-state index is -0.000262. The average Bonchev–Trinajstić information content (AvgIpc) is 2.39. The summed E-state index contributed by atoms with van der Waals surface area (Å²) in [6.07, 6.45) is 0. The summed E-state index contributed by atoms with van der Waals surface area (Å²) in [5.74, 6) is -0.000262. The van der Waals surface area contributed by atoms with Gasteiger partial charge < -0.3 is 5.32 Å². The Balaban J connectivity index is 2.45. The Bertz CT molecular complexity index is 576. The second-order valence-electron chi connectivity index (χ2n) is 4.14. The van der Waals surface area contributed by atoms with Crippen molar-refractivity contribution in [2.24, 2.45) is 0 Å². The van der Waals surface area contributed by atoms with Gasteiger partial charge in [0.05, 0.1) is 0 Å². The lowest BCUT2D eigenvalue weighted by molar-refractivity contribution is 0.103. The van der Waals surface area contributed by atoms with Crippen molar-refractivity contribution in [1.29, 1.82) is 0 Å². The summed E-state index contributed by atoms with van der Waals surface area (Å²) in [5, 5.41) is 3.67. The minimum Gasteiger partial charge on any atom is -0.388 e. The Labute approximate surface area is 112 Å². The molecule has 0 heterocycles. The molecule has 0 atom stereocenters. The minimum absolute atomic E-state index is 0.000262. The molecule has 0 fully saturated rings. The van der Waals surface area contributed by atoms with Crippen LogP contribution in [0.15, 0.2) is 42.5 Å². The molecule has 0 bridgehead atoms. The molecular weight excluding hydrogens is 246 g/mol. The van der Waals surface area contributed by atoms with Gasteiger partial charge in [0.2, 0.25) is 0 Å². The molecule has 0 amide bonds. The van der Waals surface area contributed by atoms with Gasteiger partial charge in [0, 0.05) is 28.9 Å². The monoisotopic (exact) mass is 259 g/mol. The number of aryl methyl sites for hydroxylation is 1. The maximum Gasteiger partial charge on any atom is 0.195 e. The highest BCUT2D eigenvalue weighted by molar-refractivity contribution is 6.30. The molecule has 2 aromatic rings. The van der Waals surface area contributed by atoms with Crippen molar-refractivity contribution in [2.45, 2.75) is 6.92 Å². The number of carbonyl (C=O) groups excluding carboxylic acids is 1. The van der Waals surface area contributed by atoms with E-state index in [1.54, 1.807) is 24.3 Å². The van der Waals surface area contributed by atoms with Crippen LogP contribution < -0.4 is 5.32 Å². The van der Waals surface area contributed by atoms with Crippen LogP contribution in [0.25, 0.3) is 0 Å². The molecule has 92 valence electrons. The van der Waals surface area contributed by atoms with E-state index in [2.05, 4.69) is 5.32 Å². The van der Waals surface area contributed by atoms with Crippen LogP contribution >= 0.6 is 11.6 Å². The van der Waals surface area contributed by atoms with Crippen LogP contribution in [0.2, 0.25) is 5.02 Å². The van der Waals surface area contributed by atoms with Crippen LogP contribution in [0.5, 0.6) is 0 Å². The van der Waals surface area contributed by atoms with Crippen LogP contribution in [0.4, 0.5) is 5.69 Å². The molecule has 0 radical (unpaired) electrons. The van der Waals surface area contributed by atoms with E-state index in [1.165, 1.54) is 0 Å². The fourth-order valence-corrected chi connectivity index (χ4v) is 1.95. The van der Waals surface area contributed by atoms with Crippen LogP contribution in [0.3, 0.4) is 0 Å². The number of nitrogens with one attached hydrogen (secondary N) is 1. The third-order valence-corrected chi connectivity index (χ3v) is 3.05. The van der Waals surface area contributed by atoms with Gasteiger partial charge in [-0.2, -0.15) is 0 Å². The van der Waals surface area contributed by atoms with Crippen molar-refractivity contribution in [3.8, 4) is 0 Å². The van der Waals surface area contributed by atoms with Gasteiger partial charge in [-0.15, -0.1) is 0 Å². The van der Waals surface area contributed by atoms with Crippen LogP contribution in [-0.2, 0) is 0 Å². The van der Waals surface area contributed by atoms with Crippen molar-refractivity contribution in [2.75, 3.05) is 12.4 Å². The zero-order valence-corrected chi connectivity index (χ0v) is 11.1. The first-order valence-electron chi connectivity index (χ1n) is 5.70. The summed E-state index contributed by atoms with van der Waals surface area (Å²) >= 11 is 5.82. The van der Waals surface area contributed by atoms with E-state index in [9.17, 15) is 4.79 Å². The van der Waals surface area contributed by atoms with Gasteiger partial charge >= 0.3 is 0 Å². The van der Waals surface area contributed by atoms with Crippen molar-refractivity contribution < 1.29 is 4.79 Å². The maximum absolute atomic E-state index is 12.4. The second-order valence-corrected chi connectivity index (χ2v) is 4.57. The van der Waals surface area contributed by atoms with Crippen molar-refractivity contribution in [3.05, 3.63) is 64.2 Å². The van der Waals surface area contributed by atoms with Gasteiger partial charge in [-0.1, -0.05) is 23.2 Å². The number of hydrogen-bond acceptors (Lipinski definition) is 2. The number of hydrogen-bond donors (Lipinski definition) is 1. The summed E-state index contributed by atoms with van der Waals surface area (Å²) < 4.78 is 0. The molecule has 0 aliphatic carbocycles. The summed E-state index contributed by atoms with van der Waals surface area (Å²) in [4.78, 5) is 12.4. The molecule has 2 aromatic carbocycles. The number of ketones is 1. The summed E-state index contributed by atoms with van der Waals surface area (Å²) in [6.45, 7) is 1.97. The van der Waals surface area contributed by atoms with E-state index in [0.717, 1.165) is 11.3 Å². The normalized spacial score (nSPS) is 10.2. The Kier molecular flexibility index (Phi) is 3.68. The molecule has 0 aromatic heterocycles. The van der Waals surface area contributed by atoms with E-state index < -0.39 is 0 Å². The lowest BCUT2D eigenvalue weighted by Crippen LogP contribution is -2.05. The molecular formula is C15H14ClNO. The van der Waals surface area contributed by atoms with Gasteiger partial charge in [-0.3, -0.25) is 4.79 Å². The van der Waals surface area contributed by atoms with E-state index in [4.69, 9.17) is 11.6 Å². The largest absolute Gasteiger partial charge is 0.388 e. The van der Waals surface area contributed by atoms with Gasteiger partial charge in [0.1, 0.15) is 0 Å². The summed E-state index contributed by atoms with van der Waals surface area (Å²) in [5.41, 5.74) is 3.22. The highest BCUT2D eigenvalue weighted by atomic mass is 35.5. The maximum atomic E-state index is 12.4. The third-order valence-electron chi connectivity index (χ3n) is 2.80. The first-order chi connectivity index (χ1) is 8.61. The standard InChI is InChI=1S/C15H14ClNO/c1-10-3-8-14(17-2)13(9-10)15(18)11-4-6-12(16)7-5-11/h3-9,17H,1-2H3. The van der Waals surface area contributed by atoms with Crippen LogP contribution in [0, 0.1) is 6.92 Å². The summed E-state index contributed by atoms with van der Waals surface area (Å²) in [7, 11) is 1.81. The van der Waals surface area contributed by atoms with E-state index in [0.29, 0.717) is 16.1 Å². The molecule has 1 N–H and O–H groups in total. The fraction of sp³-hybridized carbons (Fsp3) is 0.133. The SMILES string of the molecule is CNc1ccc(C)cc1C(=O)c1ccc(Cl)cc1. The van der Waals surface area contributed by atoms with Gasteiger partial charge in [0.15, 0.2) is 5.78 Å². The number of anilines is 1. The van der Waals surface area contributed by atoms with Crippen molar-refractivity contribution >= 4 is 23.1 Å². The molecule has 18 heavy (non-hydrogen) atoms. The van der Waals surface area contributed by atoms with Crippen molar-refractivity contribution in [1.82, 2.24) is 0 Å². The molecule has 0 spiro atoms. The first kappa shape index (κ1) is 12.7. The lowest BCUT2D eigenvalue weighted by Gasteiger charge is -2.09. The number of benzene rings is 2. The molecule has 0 unspecified atom stereocenters. The van der Waals surface area contributed by atoms with E-state index in [-0.39, 0.29) is 5.78 Å². The van der Waals surface area contributed by atoms with Gasteiger partial charge in [-0.05, 0) is 43.3 Å². The van der Waals surface area contributed by atoms with Crippen LogP contribution in [-0.4, -0.2) is 12.8 Å². The zero-order chi connectivity index (χ0) is 13.1. The average molecular weight is 260 g/mol.